The van der Waals surface area contributed by atoms with E-state index in [9.17, 15) is 13.2 Å². The highest BCUT2D eigenvalue weighted by Gasteiger charge is 2.29. The Morgan fingerprint density at radius 2 is 1.41 bits per heavy atom. The Kier molecular flexibility index (Phi) is 5.18. The molecule has 0 fully saturated rings. The molecule has 0 bridgehead atoms. The fourth-order valence-electron chi connectivity index (χ4n) is 2.17. The minimum Gasteiger partial charge on any atom is -0.282 e. The van der Waals surface area contributed by atoms with Crippen LogP contribution in [0.2, 0.25) is 0 Å². The van der Waals surface area contributed by atoms with Crippen molar-refractivity contribution in [1.82, 2.24) is 4.90 Å². The molecule has 2 aromatic rings. The summed E-state index contributed by atoms with van der Waals surface area (Å²) in [6.45, 7) is 1.23. The van der Waals surface area contributed by atoms with Crippen LogP contribution in [0.3, 0.4) is 0 Å². The maximum atomic E-state index is 12.5. The molecule has 2 rings (SSSR count). The second kappa shape index (κ2) is 7.10. The Hall–Kier alpha value is -2.32. The predicted octanol–water partition coefficient (Wildman–Crippen LogP) is 4.23. The molecule has 0 unspecified atom stereocenters. The molecule has 2 nitrogen and oxygen atoms in total. The number of nitrogens with zero attached hydrogens (tertiary/aromatic N) is 2. The van der Waals surface area contributed by atoms with Gasteiger partial charge in [-0.2, -0.15) is 18.4 Å². The van der Waals surface area contributed by atoms with E-state index in [-0.39, 0.29) is 6.54 Å². The highest BCUT2D eigenvalue weighted by atomic mass is 19.4. The molecule has 114 valence electrons. The van der Waals surface area contributed by atoms with Gasteiger partial charge in [0.2, 0.25) is 0 Å². The molecule has 0 saturated heterocycles. The topological polar surface area (TPSA) is 27.0 Å². The normalized spacial score (nSPS) is 11.4. The summed E-state index contributed by atoms with van der Waals surface area (Å²) in [5, 5.41) is 8.90. The average Bonchev–Trinajstić information content (AvgIpc) is 2.48. The lowest BCUT2D eigenvalue weighted by Gasteiger charge is -2.19. The van der Waals surface area contributed by atoms with Crippen molar-refractivity contribution < 1.29 is 13.2 Å². The summed E-state index contributed by atoms with van der Waals surface area (Å²) in [7, 11) is 0. The van der Waals surface area contributed by atoms with Crippen LogP contribution in [0.25, 0.3) is 0 Å². The third kappa shape index (κ3) is 4.61. The van der Waals surface area contributed by atoms with Crippen LogP contribution >= 0.6 is 0 Å². The number of rotatable bonds is 5. The zero-order valence-electron chi connectivity index (χ0n) is 11.8. The molecule has 0 amide bonds. The maximum absolute atomic E-state index is 12.5. The molecule has 0 N–H and O–H groups in total. The van der Waals surface area contributed by atoms with Gasteiger partial charge < -0.3 is 0 Å². The smallest absolute Gasteiger partial charge is 0.282 e. The minimum atomic E-state index is -4.32. The first-order chi connectivity index (χ1) is 10.5. The Bertz CT molecular complexity index is 628. The van der Waals surface area contributed by atoms with E-state index in [4.69, 9.17) is 5.26 Å². The summed E-state index contributed by atoms with van der Waals surface area (Å²) in [5.74, 6) is 0. The third-order valence-corrected chi connectivity index (χ3v) is 3.23. The Morgan fingerprint density at radius 3 is 1.91 bits per heavy atom. The molecule has 0 aliphatic heterocycles. The zero-order chi connectivity index (χ0) is 16.0. The molecule has 0 aliphatic carbocycles. The first-order valence-electron chi connectivity index (χ1n) is 6.78. The fraction of sp³-hybridized carbons (Fsp3) is 0.235. The van der Waals surface area contributed by atoms with E-state index in [1.54, 1.807) is 0 Å². The number of hydrogen-bond acceptors (Lipinski definition) is 2. The molecule has 5 heteroatoms. The monoisotopic (exact) mass is 304 g/mol. The van der Waals surface area contributed by atoms with Gasteiger partial charge in [0.05, 0.1) is 18.2 Å². The molecule has 0 heterocycles. The standard InChI is InChI=1S/C17H15F3N2/c18-17(19,20)16-8-6-15(7-9-16)13-22(11-10-21)12-14-4-2-1-3-5-14/h1-9H,11-13H2. The summed E-state index contributed by atoms with van der Waals surface area (Å²) in [4.78, 5) is 1.89. The predicted molar refractivity (Wildman–Crippen MR) is 77.6 cm³/mol. The van der Waals surface area contributed by atoms with E-state index in [1.165, 1.54) is 12.1 Å². The number of benzene rings is 2. The average molecular weight is 304 g/mol. The Labute approximate surface area is 127 Å². The molecule has 0 saturated carbocycles. The van der Waals surface area contributed by atoms with E-state index in [2.05, 4.69) is 6.07 Å². The van der Waals surface area contributed by atoms with Crippen molar-refractivity contribution in [2.45, 2.75) is 19.3 Å². The lowest BCUT2D eigenvalue weighted by atomic mass is 10.1. The first kappa shape index (κ1) is 16.1. The van der Waals surface area contributed by atoms with Crippen molar-refractivity contribution in [3.63, 3.8) is 0 Å². The van der Waals surface area contributed by atoms with E-state index >= 15 is 0 Å². The van der Waals surface area contributed by atoms with Crippen molar-refractivity contribution in [3.05, 3.63) is 71.3 Å². The molecule has 0 aromatic heterocycles. The first-order valence-corrected chi connectivity index (χ1v) is 6.78. The van der Waals surface area contributed by atoms with Crippen LogP contribution < -0.4 is 0 Å². The van der Waals surface area contributed by atoms with E-state index in [0.717, 1.165) is 23.3 Å². The van der Waals surface area contributed by atoms with E-state index in [1.807, 2.05) is 35.2 Å². The summed E-state index contributed by atoms with van der Waals surface area (Å²) in [6.07, 6.45) is -4.32. The van der Waals surface area contributed by atoms with Gasteiger partial charge in [-0.1, -0.05) is 42.5 Å². The van der Waals surface area contributed by atoms with Crippen LogP contribution in [-0.2, 0) is 19.3 Å². The van der Waals surface area contributed by atoms with E-state index in [0.29, 0.717) is 13.1 Å². The molecular formula is C17H15F3N2. The highest BCUT2D eigenvalue weighted by Crippen LogP contribution is 2.29. The van der Waals surface area contributed by atoms with E-state index < -0.39 is 11.7 Å². The van der Waals surface area contributed by atoms with Crippen molar-refractivity contribution in [3.8, 4) is 6.07 Å². The number of nitriles is 1. The van der Waals surface area contributed by atoms with Gasteiger partial charge >= 0.3 is 6.18 Å². The maximum Gasteiger partial charge on any atom is 0.416 e. The van der Waals surface area contributed by atoms with Crippen LogP contribution in [0.15, 0.2) is 54.6 Å². The van der Waals surface area contributed by atoms with Crippen LogP contribution in [-0.4, -0.2) is 11.4 Å². The molecule has 0 spiro atoms. The van der Waals surface area contributed by atoms with Crippen LogP contribution in [0.1, 0.15) is 16.7 Å². The molecule has 0 atom stereocenters. The lowest BCUT2D eigenvalue weighted by Crippen LogP contribution is -2.23. The van der Waals surface area contributed by atoms with Crippen molar-refractivity contribution >= 4 is 0 Å². The highest BCUT2D eigenvalue weighted by molar-refractivity contribution is 5.25. The second-order valence-electron chi connectivity index (χ2n) is 4.98. The molecule has 22 heavy (non-hydrogen) atoms. The van der Waals surface area contributed by atoms with Crippen molar-refractivity contribution in [1.29, 1.82) is 5.26 Å². The fourth-order valence-corrected chi connectivity index (χ4v) is 2.17. The van der Waals surface area contributed by atoms with Gasteiger partial charge in [0.1, 0.15) is 0 Å². The van der Waals surface area contributed by atoms with Gasteiger partial charge in [0.15, 0.2) is 0 Å². The van der Waals surface area contributed by atoms with Gasteiger partial charge in [-0.25, -0.2) is 0 Å². The molecular weight excluding hydrogens is 289 g/mol. The summed E-state index contributed by atoms with van der Waals surface area (Å²) < 4.78 is 37.6. The summed E-state index contributed by atoms with van der Waals surface area (Å²) >= 11 is 0. The largest absolute Gasteiger partial charge is 0.416 e. The minimum absolute atomic E-state index is 0.218. The zero-order valence-corrected chi connectivity index (χ0v) is 11.8. The third-order valence-electron chi connectivity index (χ3n) is 3.23. The lowest BCUT2D eigenvalue weighted by molar-refractivity contribution is -0.137. The summed E-state index contributed by atoms with van der Waals surface area (Å²) in [5.41, 5.74) is 1.15. The van der Waals surface area contributed by atoms with Crippen LogP contribution in [0.4, 0.5) is 13.2 Å². The van der Waals surface area contributed by atoms with Gasteiger partial charge in [-0.05, 0) is 23.3 Å². The molecule has 0 radical (unpaired) electrons. The SMILES string of the molecule is N#CCN(Cc1ccccc1)Cc1ccc(C(F)(F)F)cc1. The van der Waals surface area contributed by atoms with Crippen LogP contribution in [0, 0.1) is 11.3 Å². The Balaban J connectivity index is 2.06. The van der Waals surface area contributed by atoms with Gasteiger partial charge in [0, 0.05) is 13.1 Å². The number of alkyl halides is 3. The molecule has 2 aromatic carbocycles. The van der Waals surface area contributed by atoms with Crippen molar-refractivity contribution in [2.24, 2.45) is 0 Å². The number of hydrogen-bond donors (Lipinski definition) is 0. The van der Waals surface area contributed by atoms with Gasteiger partial charge in [-0.3, -0.25) is 4.90 Å². The second-order valence-corrected chi connectivity index (χ2v) is 4.98. The van der Waals surface area contributed by atoms with Gasteiger partial charge in [0.25, 0.3) is 0 Å². The van der Waals surface area contributed by atoms with Crippen molar-refractivity contribution in [2.75, 3.05) is 6.54 Å². The number of halogens is 3. The Morgan fingerprint density at radius 1 is 0.864 bits per heavy atom. The quantitative estimate of drug-likeness (QED) is 0.773. The van der Waals surface area contributed by atoms with Crippen LogP contribution in [0.5, 0.6) is 0 Å². The summed E-state index contributed by atoms with van der Waals surface area (Å²) in [6, 6.07) is 16.8. The van der Waals surface area contributed by atoms with Gasteiger partial charge in [-0.15, -0.1) is 0 Å². The molecule has 0 aliphatic rings.